The first-order chi connectivity index (χ1) is 12.8. The van der Waals surface area contributed by atoms with Crippen LogP contribution < -0.4 is 10.5 Å². The van der Waals surface area contributed by atoms with Gasteiger partial charge >= 0.3 is 0 Å². The van der Waals surface area contributed by atoms with Crippen molar-refractivity contribution in [2.75, 3.05) is 17.8 Å². The fraction of sp³-hybridized carbons (Fsp3) is 0.316. The lowest BCUT2D eigenvalue weighted by molar-refractivity contribution is 0.0709. The number of carbonyl (C=O) groups is 1. The summed E-state index contributed by atoms with van der Waals surface area (Å²) < 4.78 is 40.7. The summed E-state index contributed by atoms with van der Waals surface area (Å²) >= 11 is 0. The molecule has 1 aliphatic rings. The van der Waals surface area contributed by atoms with Crippen molar-refractivity contribution in [1.82, 2.24) is 4.90 Å². The molecule has 1 fully saturated rings. The Hall–Kier alpha value is -2.16. The van der Waals surface area contributed by atoms with Crippen LogP contribution in [0.4, 0.5) is 10.1 Å². The van der Waals surface area contributed by atoms with Gasteiger partial charge in [0.05, 0.1) is 4.90 Å². The molecule has 2 aromatic rings. The van der Waals surface area contributed by atoms with Crippen LogP contribution in [0.5, 0.6) is 0 Å². The van der Waals surface area contributed by atoms with E-state index < -0.39 is 15.8 Å². The second-order valence-electron chi connectivity index (χ2n) is 6.75. The first kappa shape index (κ1) is 22.1. The van der Waals surface area contributed by atoms with Gasteiger partial charge in [-0.25, -0.2) is 12.8 Å². The van der Waals surface area contributed by atoms with Crippen LogP contribution in [0, 0.1) is 12.7 Å². The van der Waals surface area contributed by atoms with E-state index in [1.807, 2.05) is 0 Å². The van der Waals surface area contributed by atoms with Gasteiger partial charge in [-0.15, -0.1) is 12.4 Å². The van der Waals surface area contributed by atoms with Gasteiger partial charge in [0, 0.05) is 30.4 Å². The molecule has 0 bridgehead atoms. The van der Waals surface area contributed by atoms with E-state index in [9.17, 15) is 17.6 Å². The van der Waals surface area contributed by atoms with Crippen molar-refractivity contribution in [3.05, 3.63) is 59.4 Å². The average Bonchev–Trinajstić information content (AvgIpc) is 2.63. The van der Waals surface area contributed by atoms with Gasteiger partial charge in [0.15, 0.2) is 0 Å². The van der Waals surface area contributed by atoms with Crippen molar-refractivity contribution in [1.29, 1.82) is 0 Å². The van der Waals surface area contributed by atoms with Crippen LogP contribution in [-0.2, 0) is 10.0 Å². The van der Waals surface area contributed by atoms with Crippen molar-refractivity contribution >= 4 is 34.0 Å². The quantitative estimate of drug-likeness (QED) is 0.784. The maximum atomic E-state index is 13.4. The third kappa shape index (κ3) is 5.01. The number of halogens is 2. The first-order valence-corrected chi connectivity index (χ1v) is 10.2. The molecule has 1 amide bonds. The molecule has 3 rings (SSSR count). The molecule has 3 N–H and O–H groups in total. The minimum Gasteiger partial charge on any atom is -0.337 e. The number of sulfonamides is 1. The van der Waals surface area contributed by atoms with Crippen molar-refractivity contribution < 1.29 is 17.6 Å². The van der Waals surface area contributed by atoms with Gasteiger partial charge in [0.2, 0.25) is 0 Å². The summed E-state index contributed by atoms with van der Waals surface area (Å²) in [6, 6.07) is 9.82. The van der Waals surface area contributed by atoms with E-state index in [4.69, 9.17) is 5.73 Å². The Labute approximate surface area is 170 Å². The number of nitrogens with two attached hydrogens (primary N) is 1. The summed E-state index contributed by atoms with van der Waals surface area (Å²) in [5, 5.41) is 0. The van der Waals surface area contributed by atoms with Crippen LogP contribution in [0.1, 0.15) is 28.8 Å². The fourth-order valence-electron chi connectivity index (χ4n) is 3.06. The fourth-order valence-corrected chi connectivity index (χ4v) is 4.20. The Morgan fingerprint density at radius 2 is 1.89 bits per heavy atom. The van der Waals surface area contributed by atoms with Gasteiger partial charge in [0.1, 0.15) is 5.82 Å². The number of anilines is 1. The summed E-state index contributed by atoms with van der Waals surface area (Å²) in [5.41, 5.74) is 6.96. The van der Waals surface area contributed by atoms with E-state index in [1.54, 1.807) is 17.0 Å². The predicted molar refractivity (Wildman–Crippen MR) is 109 cm³/mol. The standard InChI is InChI=1S/C19H22FN3O3S.ClH/c1-13-11-17(8-9-18(13)20)27(25,26)22-16-6-4-14(5-7-16)19(24)23-10-2-3-15(21)12-23;/h4-9,11,15,22H,2-3,10,12,21H2,1H3;1H. The molecule has 152 valence electrons. The number of carbonyl (C=O) groups excluding carboxylic acids is 1. The topological polar surface area (TPSA) is 92.5 Å². The first-order valence-electron chi connectivity index (χ1n) is 8.70. The van der Waals surface area contributed by atoms with Crippen LogP contribution in [0.2, 0.25) is 0 Å². The second-order valence-corrected chi connectivity index (χ2v) is 8.43. The molecular formula is C19H23ClFN3O3S. The van der Waals surface area contributed by atoms with E-state index in [1.165, 1.54) is 31.2 Å². The number of piperidine rings is 1. The molecule has 1 saturated heterocycles. The summed E-state index contributed by atoms with van der Waals surface area (Å²) in [6.45, 7) is 2.70. The lowest BCUT2D eigenvalue weighted by Crippen LogP contribution is -2.45. The molecule has 0 saturated carbocycles. The Bertz CT molecular complexity index is 951. The third-order valence-corrected chi connectivity index (χ3v) is 5.95. The van der Waals surface area contributed by atoms with Crippen molar-refractivity contribution in [3.8, 4) is 0 Å². The van der Waals surface area contributed by atoms with E-state index >= 15 is 0 Å². The monoisotopic (exact) mass is 427 g/mol. The summed E-state index contributed by atoms with van der Waals surface area (Å²) in [5.74, 6) is -0.581. The maximum Gasteiger partial charge on any atom is 0.261 e. The van der Waals surface area contributed by atoms with E-state index in [-0.39, 0.29) is 34.8 Å². The normalized spacial score (nSPS) is 17.0. The number of likely N-dealkylation sites (tertiary alicyclic amines) is 1. The highest BCUT2D eigenvalue weighted by Crippen LogP contribution is 2.20. The molecule has 9 heteroatoms. The van der Waals surface area contributed by atoms with Gasteiger partial charge in [-0.05, 0) is 67.8 Å². The Morgan fingerprint density at radius 1 is 1.21 bits per heavy atom. The molecule has 28 heavy (non-hydrogen) atoms. The number of hydrogen-bond donors (Lipinski definition) is 2. The molecule has 1 atom stereocenters. The van der Waals surface area contributed by atoms with E-state index in [0.29, 0.717) is 24.3 Å². The highest BCUT2D eigenvalue weighted by Gasteiger charge is 2.22. The Kier molecular flexibility index (Phi) is 7.03. The van der Waals surface area contributed by atoms with Gasteiger partial charge in [0.25, 0.3) is 15.9 Å². The van der Waals surface area contributed by atoms with Crippen molar-refractivity contribution in [2.45, 2.75) is 30.7 Å². The zero-order valence-electron chi connectivity index (χ0n) is 15.4. The van der Waals surface area contributed by atoms with Gasteiger partial charge in [-0.2, -0.15) is 0 Å². The molecule has 0 radical (unpaired) electrons. The maximum absolute atomic E-state index is 13.4. The molecule has 6 nitrogen and oxygen atoms in total. The minimum absolute atomic E-state index is 0. The van der Waals surface area contributed by atoms with Crippen LogP contribution in [0.15, 0.2) is 47.4 Å². The SMILES string of the molecule is Cc1cc(S(=O)(=O)Nc2ccc(C(=O)N3CCCC(N)C3)cc2)ccc1F.Cl. The van der Waals surface area contributed by atoms with E-state index in [2.05, 4.69) is 4.72 Å². The van der Waals surface area contributed by atoms with E-state index in [0.717, 1.165) is 18.9 Å². The van der Waals surface area contributed by atoms with Gasteiger partial charge < -0.3 is 10.6 Å². The second kappa shape index (κ2) is 8.89. The summed E-state index contributed by atoms with van der Waals surface area (Å²) in [7, 11) is -3.84. The zero-order chi connectivity index (χ0) is 19.6. The number of hydrogen-bond acceptors (Lipinski definition) is 4. The molecule has 0 aromatic heterocycles. The van der Waals surface area contributed by atoms with Crippen LogP contribution >= 0.6 is 12.4 Å². The van der Waals surface area contributed by atoms with Crippen LogP contribution in [-0.4, -0.2) is 38.4 Å². The molecule has 1 aliphatic heterocycles. The van der Waals surface area contributed by atoms with Gasteiger partial charge in [-0.1, -0.05) is 0 Å². The Morgan fingerprint density at radius 3 is 2.50 bits per heavy atom. The molecule has 0 aliphatic carbocycles. The summed E-state index contributed by atoms with van der Waals surface area (Å²) in [6.07, 6.45) is 1.79. The lowest BCUT2D eigenvalue weighted by atomic mass is 10.1. The van der Waals surface area contributed by atoms with Gasteiger partial charge in [-0.3, -0.25) is 9.52 Å². The molecule has 1 heterocycles. The van der Waals surface area contributed by atoms with Crippen molar-refractivity contribution in [2.24, 2.45) is 5.73 Å². The average molecular weight is 428 g/mol. The largest absolute Gasteiger partial charge is 0.337 e. The number of nitrogens with zero attached hydrogens (tertiary/aromatic N) is 1. The lowest BCUT2D eigenvalue weighted by Gasteiger charge is -2.30. The molecular weight excluding hydrogens is 405 g/mol. The number of rotatable bonds is 4. The van der Waals surface area contributed by atoms with Crippen molar-refractivity contribution in [3.63, 3.8) is 0 Å². The molecule has 1 unspecified atom stereocenters. The predicted octanol–water partition coefficient (Wildman–Crippen LogP) is 2.92. The highest BCUT2D eigenvalue weighted by molar-refractivity contribution is 7.92. The number of nitrogens with one attached hydrogen (secondary N) is 1. The number of aryl methyl sites for hydroxylation is 1. The summed E-state index contributed by atoms with van der Waals surface area (Å²) in [4.78, 5) is 14.2. The van der Waals surface area contributed by atoms with Crippen LogP contribution in [0.3, 0.4) is 0 Å². The smallest absolute Gasteiger partial charge is 0.261 e. The molecule has 2 aromatic carbocycles. The third-order valence-electron chi connectivity index (χ3n) is 4.57. The number of amides is 1. The Balaban J connectivity index is 0.00000280. The highest BCUT2D eigenvalue weighted by atomic mass is 35.5. The minimum atomic E-state index is -3.84. The molecule has 0 spiro atoms. The zero-order valence-corrected chi connectivity index (χ0v) is 17.0. The number of benzene rings is 2. The van der Waals surface area contributed by atoms with Crippen LogP contribution in [0.25, 0.3) is 0 Å².